The van der Waals surface area contributed by atoms with Crippen LogP contribution in [0.25, 0.3) is 0 Å². The van der Waals surface area contributed by atoms with E-state index in [1.54, 1.807) is 18.4 Å². The molecule has 5 nitrogen and oxygen atoms in total. The number of anilines is 1. The van der Waals surface area contributed by atoms with Gasteiger partial charge in [0.05, 0.1) is 0 Å². The van der Waals surface area contributed by atoms with Gasteiger partial charge in [0.2, 0.25) is 5.91 Å². The Kier molecular flexibility index (Phi) is 6.87. The number of rotatable bonds is 7. The van der Waals surface area contributed by atoms with Crippen LogP contribution in [-0.2, 0) is 17.6 Å². The molecule has 1 amide bonds. The number of amides is 1. The van der Waals surface area contributed by atoms with Crippen LogP contribution in [-0.4, -0.2) is 50.5 Å². The lowest BCUT2D eigenvalue weighted by molar-refractivity contribution is -0.118. The summed E-state index contributed by atoms with van der Waals surface area (Å²) in [7, 11) is 3.85. The van der Waals surface area contributed by atoms with E-state index in [9.17, 15) is 4.79 Å². The van der Waals surface area contributed by atoms with Gasteiger partial charge in [-0.1, -0.05) is 24.3 Å². The molecule has 0 atom stereocenters. The highest BCUT2D eigenvalue weighted by Crippen LogP contribution is 2.27. The molecule has 0 saturated carbocycles. The van der Waals surface area contributed by atoms with Crippen LogP contribution >= 0.6 is 11.3 Å². The molecule has 0 aliphatic carbocycles. The fraction of sp³-hybridized carbons (Fsp3) is 0.429. The second kappa shape index (κ2) is 9.55. The van der Waals surface area contributed by atoms with Crippen LogP contribution in [0.15, 0.2) is 46.8 Å². The van der Waals surface area contributed by atoms with E-state index >= 15 is 0 Å². The van der Waals surface area contributed by atoms with Gasteiger partial charge in [0.15, 0.2) is 5.96 Å². The van der Waals surface area contributed by atoms with Crippen molar-refractivity contribution >= 4 is 28.9 Å². The first kappa shape index (κ1) is 19.4. The number of guanidine groups is 1. The molecule has 1 aromatic carbocycles. The summed E-state index contributed by atoms with van der Waals surface area (Å²) in [5.41, 5.74) is 2.36. The van der Waals surface area contributed by atoms with Crippen LogP contribution in [0.3, 0.4) is 0 Å². The standard InChI is InChI=1S/C21H28N4OS/c1-22-21(24(2)14-12-18-8-6-16-27-18)23-13-5-10-20(26)25-15-11-17-7-3-4-9-19(17)25/h3-4,6-9,16H,5,10-15H2,1-2H3,(H,22,23). The number of fused-ring (bicyclic) bond motifs is 1. The summed E-state index contributed by atoms with van der Waals surface area (Å²) in [6.45, 7) is 2.47. The number of carbonyl (C=O) groups excluding carboxylic acids is 1. The van der Waals surface area contributed by atoms with Gasteiger partial charge in [0.25, 0.3) is 0 Å². The highest BCUT2D eigenvalue weighted by atomic mass is 32.1. The van der Waals surface area contributed by atoms with Gasteiger partial charge in [0, 0.05) is 50.7 Å². The zero-order chi connectivity index (χ0) is 19.1. The maximum absolute atomic E-state index is 12.5. The highest BCUT2D eigenvalue weighted by molar-refractivity contribution is 7.09. The van der Waals surface area contributed by atoms with Gasteiger partial charge in [-0.2, -0.15) is 0 Å². The maximum Gasteiger partial charge on any atom is 0.227 e. The first-order valence-electron chi connectivity index (χ1n) is 9.51. The number of nitrogens with one attached hydrogen (secondary N) is 1. The molecule has 0 saturated heterocycles. The normalized spacial score (nSPS) is 13.6. The van der Waals surface area contributed by atoms with E-state index in [4.69, 9.17) is 0 Å². The summed E-state index contributed by atoms with van der Waals surface area (Å²) in [5.74, 6) is 1.09. The van der Waals surface area contributed by atoms with Crippen molar-refractivity contribution in [2.24, 2.45) is 4.99 Å². The molecule has 1 aromatic heterocycles. The zero-order valence-electron chi connectivity index (χ0n) is 16.1. The fourth-order valence-electron chi connectivity index (χ4n) is 3.40. The number of para-hydroxylation sites is 1. The molecule has 0 radical (unpaired) electrons. The van der Waals surface area contributed by atoms with Crippen LogP contribution in [0, 0.1) is 0 Å². The molecule has 0 fully saturated rings. The molecular formula is C21H28N4OS. The van der Waals surface area contributed by atoms with Gasteiger partial charge >= 0.3 is 0 Å². The zero-order valence-corrected chi connectivity index (χ0v) is 17.0. The number of hydrogen-bond acceptors (Lipinski definition) is 3. The Bertz CT molecular complexity index is 772. The number of nitrogens with zero attached hydrogens (tertiary/aromatic N) is 3. The van der Waals surface area contributed by atoms with Crippen LogP contribution in [0.1, 0.15) is 23.3 Å². The second-order valence-electron chi connectivity index (χ2n) is 6.75. The number of aliphatic imine (C=N–C) groups is 1. The smallest absolute Gasteiger partial charge is 0.227 e. The Morgan fingerprint density at radius 2 is 2.15 bits per heavy atom. The molecule has 6 heteroatoms. The minimum absolute atomic E-state index is 0.211. The molecular weight excluding hydrogens is 356 g/mol. The van der Waals surface area contributed by atoms with Crippen molar-refractivity contribution in [2.75, 3.05) is 38.6 Å². The SMILES string of the molecule is CN=C(NCCCC(=O)N1CCc2ccccc21)N(C)CCc1cccs1. The average molecular weight is 385 g/mol. The van der Waals surface area contributed by atoms with Crippen molar-refractivity contribution in [3.8, 4) is 0 Å². The van der Waals surface area contributed by atoms with Gasteiger partial charge in [0.1, 0.15) is 0 Å². The third-order valence-electron chi connectivity index (χ3n) is 4.89. The third-order valence-corrected chi connectivity index (χ3v) is 5.82. The maximum atomic E-state index is 12.5. The van der Waals surface area contributed by atoms with Crippen molar-refractivity contribution in [2.45, 2.75) is 25.7 Å². The predicted octanol–water partition coefficient (Wildman–Crippen LogP) is 3.17. The largest absolute Gasteiger partial charge is 0.356 e. The van der Waals surface area contributed by atoms with Gasteiger partial charge in [-0.05, 0) is 42.3 Å². The lowest BCUT2D eigenvalue weighted by Gasteiger charge is -2.22. The van der Waals surface area contributed by atoms with E-state index in [-0.39, 0.29) is 5.91 Å². The summed E-state index contributed by atoms with van der Waals surface area (Å²) in [5, 5.41) is 5.48. The van der Waals surface area contributed by atoms with Crippen molar-refractivity contribution in [3.63, 3.8) is 0 Å². The Balaban J connectivity index is 1.39. The lowest BCUT2D eigenvalue weighted by atomic mass is 10.2. The quantitative estimate of drug-likeness (QED) is 0.453. The Hall–Kier alpha value is -2.34. The van der Waals surface area contributed by atoms with Crippen molar-refractivity contribution in [1.82, 2.24) is 10.2 Å². The predicted molar refractivity (Wildman–Crippen MR) is 114 cm³/mol. The van der Waals surface area contributed by atoms with Gasteiger partial charge in [-0.15, -0.1) is 11.3 Å². The molecule has 0 bridgehead atoms. The summed E-state index contributed by atoms with van der Waals surface area (Å²) >= 11 is 1.79. The minimum atomic E-state index is 0.211. The van der Waals surface area contributed by atoms with Crippen molar-refractivity contribution in [1.29, 1.82) is 0 Å². The summed E-state index contributed by atoms with van der Waals surface area (Å²) in [4.78, 5) is 22.3. The van der Waals surface area contributed by atoms with Crippen molar-refractivity contribution < 1.29 is 4.79 Å². The van der Waals surface area contributed by atoms with E-state index < -0.39 is 0 Å². The van der Waals surface area contributed by atoms with Crippen LogP contribution < -0.4 is 10.2 Å². The van der Waals surface area contributed by atoms with E-state index in [1.807, 2.05) is 23.1 Å². The van der Waals surface area contributed by atoms with Gasteiger partial charge in [-0.3, -0.25) is 9.79 Å². The van der Waals surface area contributed by atoms with Crippen LogP contribution in [0.4, 0.5) is 5.69 Å². The number of hydrogen-bond donors (Lipinski definition) is 1. The Morgan fingerprint density at radius 3 is 2.93 bits per heavy atom. The molecule has 0 unspecified atom stereocenters. The van der Waals surface area contributed by atoms with E-state index in [2.05, 4.69) is 45.8 Å². The molecule has 3 rings (SSSR count). The third kappa shape index (κ3) is 5.10. The molecule has 0 spiro atoms. The first-order chi connectivity index (χ1) is 13.2. The molecule has 144 valence electrons. The second-order valence-corrected chi connectivity index (χ2v) is 7.78. The molecule has 27 heavy (non-hydrogen) atoms. The Morgan fingerprint density at radius 1 is 1.30 bits per heavy atom. The van der Waals surface area contributed by atoms with Crippen molar-refractivity contribution in [3.05, 3.63) is 52.2 Å². The van der Waals surface area contributed by atoms with E-state index in [0.717, 1.165) is 50.5 Å². The van der Waals surface area contributed by atoms with Gasteiger partial charge in [-0.25, -0.2) is 0 Å². The first-order valence-corrected chi connectivity index (χ1v) is 10.4. The minimum Gasteiger partial charge on any atom is -0.356 e. The number of likely N-dealkylation sites (N-methyl/N-ethyl adjacent to an activating group) is 1. The van der Waals surface area contributed by atoms with E-state index in [1.165, 1.54) is 10.4 Å². The number of thiophene rings is 1. The summed E-state index contributed by atoms with van der Waals surface area (Å²) < 4.78 is 0. The van der Waals surface area contributed by atoms with Gasteiger partial charge < -0.3 is 15.1 Å². The molecule has 2 aromatic rings. The monoisotopic (exact) mass is 384 g/mol. The number of benzene rings is 1. The summed E-state index contributed by atoms with van der Waals surface area (Å²) in [6.07, 6.45) is 3.33. The number of carbonyl (C=O) groups is 1. The average Bonchev–Trinajstić information content (AvgIpc) is 3.35. The molecule has 1 aliphatic rings. The Labute approximate surface area is 165 Å². The molecule has 2 heterocycles. The van der Waals surface area contributed by atoms with Crippen LogP contribution in [0.5, 0.6) is 0 Å². The molecule has 1 aliphatic heterocycles. The lowest BCUT2D eigenvalue weighted by Crippen LogP contribution is -2.40. The summed E-state index contributed by atoms with van der Waals surface area (Å²) in [6, 6.07) is 12.4. The fourth-order valence-corrected chi connectivity index (χ4v) is 4.09. The van der Waals surface area contributed by atoms with Crippen LogP contribution in [0.2, 0.25) is 0 Å². The van der Waals surface area contributed by atoms with E-state index in [0.29, 0.717) is 6.42 Å². The molecule has 1 N–H and O–H groups in total. The topological polar surface area (TPSA) is 47.9 Å². The highest BCUT2D eigenvalue weighted by Gasteiger charge is 2.23.